The monoisotopic (exact) mass is 289 g/mol. The second kappa shape index (κ2) is 6.06. The molecule has 0 spiro atoms. The first kappa shape index (κ1) is 14.4. The van der Waals surface area contributed by atoms with Crippen LogP contribution in [0.1, 0.15) is 36.8 Å². The van der Waals surface area contributed by atoms with E-state index in [1.807, 2.05) is 12.1 Å². The molecule has 1 aliphatic carbocycles. The quantitative estimate of drug-likeness (QED) is 0.905. The number of benzene rings is 1. The Morgan fingerprint density at radius 2 is 2.24 bits per heavy atom. The summed E-state index contributed by atoms with van der Waals surface area (Å²) in [7, 11) is 1.66. The largest absolute Gasteiger partial charge is 0.493 e. The van der Waals surface area contributed by atoms with E-state index in [1.165, 1.54) is 5.56 Å². The average molecular weight is 289 g/mol. The Hall–Kier alpha value is -1.55. The van der Waals surface area contributed by atoms with Crippen molar-refractivity contribution in [3.05, 3.63) is 29.3 Å². The molecule has 21 heavy (non-hydrogen) atoms. The minimum atomic E-state index is -0.286. The zero-order chi connectivity index (χ0) is 14.7. The number of aryl methyl sites for hydroxylation is 1. The smallest absolute Gasteiger partial charge is 0.228 e. The molecule has 0 bridgehead atoms. The summed E-state index contributed by atoms with van der Waals surface area (Å²) < 4.78 is 10.8. The van der Waals surface area contributed by atoms with Crippen LogP contribution in [0.3, 0.4) is 0 Å². The number of hydrogen-bond donors (Lipinski definition) is 1. The molecule has 1 aromatic rings. The van der Waals surface area contributed by atoms with Crippen LogP contribution in [-0.2, 0) is 22.5 Å². The SMILES string of the molecule is COCC1(C(=O)NCc2ccc3c(c2)CCCO3)CCC1. The number of carbonyl (C=O) groups excluding carboxylic acids is 1. The van der Waals surface area contributed by atoms with E-state index >= 15 is 0 Å². The van der Waals surface area contributed by atoms with Crippen molar-refractivity contribution in [1.82, 2.24) is 5.32 Å². The third-order valence-electron chi connectivity index (χ3n) is 4.64. The summed E-state index contributed by atoms with van der Waals surface area (Å²) >= 11 is 0. The van der Waals surface area contributed by atoms with Crippen molar-refractivity contribution in [2.45, 2.75) is 38.6 Å². The molecule has 0 aromatic heterocycles. The number of nitrogens with one attached hydrogen (secondary N) is 1. The van der Waals surface area contributed by atoms with Gasteiger partial charge in [0.15, 0.2) is 0 Å². The molecule has 0 unspecified atom stereocenters. The van der Waals surface area contributed by atoms with Gasteiger partial charge in [0, 0.05) is 13.7 Å². The average Bonchev–Trinajstić information content (AvgIpc) is 2.48. The molecule has 3 rings (SSSR count). The highest BCUT2D eigenvalue weighted by Crippen LogP contribution is 2.41. The first-order valence-electron chi connectivity index (χ1n) is 7.75. The van der Waals surface area contributed by atoms with Gasteiger partial charge in [-0.3, -0.25) is 4.79 Å². The molecule has 1 amide bonds. The fraction of sp³-hybridized carbons (Fsp3) is 0.588. The molecule has 2 aliphatic rings. The maximum atomic E-state index is 12.4. The van der Waals surface area contributed by atoms with Gasteiger partial charge in [0.25, 0.3) is 0 Å². The zero-order valence-corrected chi connectivity index (χ0v) is 12.6. The zero-order valence-electron chi connectivity index (χ0n) is 12.6. The normalized spacial score (nSPS) is 19.1. The van der Waals surface area contributed by atoms with Gasteiger partial charge >= 0.3 is 0 Å². The number of fused-ring (bicyclic) bond motifs is 1. The first-order chi connectivity index (χ1) is 10.2. The lowest BCUT2D eigenvalue weighted by Gasteiger charge is -2.39. The van der Waals surface area contributed by atoms with Crippen molar-refractivity contribution < 1.29 is 14.3 Å². The Bertz CT molecular complexity index is 523. The lowest BCUT2D eigenvalue weighted by Crippen LogP contribution is -2.48. The first-order valence-corrected chi connectivity index (χ1v) is 7.75. The second-order valence-electron chi connectivity index (χ2n) is 6.14. The van der Waals surface area contributed by atoms with E-state index in [9.17, 15) is 4.79 Å². The summed E-state index contributed by atoms with van der Waals surface area (Å²) in [5, 5.41) is 3.07. The van der Waals surface area contributed by atoms with Gasteiger partial charge in [-0.05, 0) is 42.9 Å². The standard InChI is InChI=1S/C17H23NO3/c1-20-12-17(7-3-8-17)16(19)18-11-13-5-6-15-14(10-13)4-2-9-21-15/h5-6,10H,2-4,7-9,11-12H2,1H3,(H,18,19). The minimum absolute atomic E-state index is 0.129. The van der Waals surface area contributed by atoms with Gasteiger partial charge in [0.2, 0.25) is 5.91 Å². The number of rotatable bonds is 5. The molecule has 4 nitrogen and oxygen atoms in total. The molecule has 4 heteroatoms. The van der Waals surface area contributed by atoms with E-state index in [-0.39, 0.29) is 11.3 Å². The molecule has 0 atom stereocenters. The highest BCUT2D eigenvalue weighted by molar-refractivity contribution is 5.83. The molecule has 1 N–H and O–H groups in total. The number of ether oxygens (including phenoxy) is 2. The molecule has 0 radical (unpaired) electrons. The Morgan fingerprint density at radius 3 is 2.95 bits per heavy atom. The van der Waals surface area contributed by atoms with Gasteiger partial charge in [0.05, 0.1) is 18.6 Å². The molecule has 1 fully saturated rings. The second-order valence-corrected chi connectivity index (χ2v) is 6.14. The van der Waals surface area contributed by atoms with Crippen LogP contribution in [-0.4, -0.2) is 26.2 Å². The van der Waals surface area contributed by atoms with Crippen LogP contribution in [0.4, 0.5) is 0 Å². The predicted octanol–water partition coefficient (Wildman–Crippen LogP) is 2.44. The van der Waals surface area contributed by atoms with Crippen molar-refractivity contribution >= 4 is 5.91 Å². The van der Waals surface area contributed by atoms with Crippen molar-refractivity contribution in [1.29, 1.82) is 0 Å². The summed E-state index contributed by atoms with van der Waals surface area (Å²) in [6, 6.07) is 6.21. The number of amides is 1. The van der Waals surface area contributed by atoms with Crippen molar-refractivity contribution in [2.75, 3.05) is 20.3 Å². The van der Waals surface area contributed by atoms with Crippen LogP contribution in [0.15, 0.2) is 18.2 Å². The van der Waals surface area contributed by atoms with E-state index in [1.54, 1.807) is 7.11 Å². The third-order valence-corrected chi connectivity index (χ3v) is 4.64. The van der Waals surface area contributed by atoms with E-state index in [0.717, 1.165) is 50.0 Å². The van der Waals surface area contributed by atoms with Gasteiger partial charge in [-0.1, -0.05) is 18.6 Å². The van der Waals surface area contributed by atoms with Gasteiger partial charge < -0.3 is 14.8 Å². The van der Waals surface area contributed by atoms with E-state index < -0.39 is 0 Å². The van der Waals surface area contributed by atoms with E-state index in [2.05, 4.69) is 11.4 Å². The molecule has 114 valence electrons. The van der Waals surface area contributed by atoms with Crippen LogP contribution < -0.4 is 10.1 Å². The van der Waals surface area contributed by atoms with Crippen LogP contribution in [0.5, 0.6) is 5.75 Å². The number of carbonyl (C=O) groups is 1. The summed E-state index contributed by atoms with van der Waals surface area (Å²) in [6.45, 7) is 1.91. The lowest BCUT2D eigenvalue weighted by atomic mass is 9.68. The van der Waals surface area contributed by atoms with Crippen LogP contribution in [0.2, 0.25) is 0 Å². The highest BCUT2D eigenvalue weighted by Gasteiger charge is 2.43. The molecule has 1 aliphatic heterocycles. The van der Waals surface area contributed by atoms with Gasteiger partial charge in [0.1, 0.15) is 5.75 Å². The predicted molar refractivity (Wildman–Crippen MR) is 80.3 cm³/mol. The molecule has 1 aromatic carbocycles. The topological polar surface area (TPSA) is 47.6 Å². The summed E-state index contributed by atoms with van der Waals surface area (Å²) in [6.07, 6.45) is 5.12. The Labute approximate surface area is 125 Å². The third kappa shape index (κ3) is 2.91. The summed E-state index contributed by atoms with van der Waals surface area (Å²) in [5.74, 6) is 1.12. The minimum Gasteiger partial charge on any atom is -0.493 e. The molecular formula is C17H23NO3. The summed E-state index contributed by atoms with van der Waals surface area (Å²) in [4.78, 5) is 12.4. The molecular weight excluding hydrogens is 266 g/mol. The van der Waals surface area contributed by atoms with Crippen molar-refractivity contribution in [3.8, 4) is 5.75 Å². The van der Waals surface area contributed by atoms with E-state index in [4.69, 9.17) is 9.47 Å². The lowest BCUT2D eigenvalue weighted by molar-refractivity contribution is -0.140. The molecule has 1 heterocycles. The Kier molecular flexibility index (Phi) is 4.15. The van der Waals surface area contributed by atoms with Gasteiger partial charge in [-0.25, -0.2) is 0 Å². The Morgan fingerprint density at radius 1 is 1.38 bits per heavy atom. The summed E-state index contributed by atoms with van der Waals surface area (Å²) in [5.41, 5.74) is 2.11. The number of methoxy groups -OCH3 is 1. The fourth-order valence-corrected chi connectivity index (χ4v) is 3.21. The number of hydrogen-bond acceptors (Lipinski definition) is 3. The van der Waals surface area contributed by atoms with Crippen molar-refractivity contribution in [2.24, 2.45) is 5.41 Å². The van der Waals surface area contributed by atoms with Crippen molar-refractivity contribution in [3.63, 3.8) is 0 Å². The van der Waals surface area contributed by atoms with Crippen LogP contribution in [0, 0.1) is 5.41 Å². The maximum Gasteiger partial charge on any atom is 0.228 e. The molecule has 1 saturated carbocycles. The van der Waals surface area contributed by atoms with Gasteiger partial charge in [-0.15, -0.1) is 0 Å². The highest BCUT2D eigenvalue weighted by atomic mass is 16.5. The van der Waals surface area contributed by atoms with Gasteiger partial charge in [-0.2, -0.15) is 0 Å². The van der Waals surface area contributed by atoms with Crippen LogP contribution in [0.25, 0.3) is 0 Å². The maximum absolute atomic E-state index is 12.4. The van der Waals surface area contributed by atoms with E-state index in [0.29, 0.717) is 13.2 Å². The molecule has 0 saturated heterocycles. The van der Waals surface area contributed by atoms with Crippen LogP contribution >= 0.6 is 0 Å². The fourth-order valence-electron chi connectivity index (χ4n) is 3.21. The Balaban J connectivity index is 1.61.